The summed E-state index contributed by atoms with van der Waals surface area (Å²) in [7, 11) is 1.92. The molecule has 0 radical (unpaired) electrons. The number of hydrogen-bond acceptors (Lipinski definition) is 2. The molecule has 2 heteroatoms. The van der Waals surface area contributed by atoms with Gasteiger partial charge in [-0.2, -0.15) is 0 Å². The fourth-order valence-electron chi connectivity index (χ4n) is 1.54. The minimum absolute atomic E-state index is 0.100. The monoisotopic (exact) mass is 197 g/mol. The van der Waals surface area contributed by atoms with Gasteiger partial charge in [0.15, 0.2) is 0 Å². The summed E-state index contributed by atoms with van der Waals surface area (Å²) >= 11 is 0. The molecule has 0 aliphatic heterocycles. The Balaban J connectivity index is 4.35. The van der Waals surface area contributed by atoms with Gasteiger partial charge in [0.05, 0.1) is 0 Å². The lowest BCUT2D eigenvalue weighted by Gasteiger charge is -2.13. The van der Waals surface area contributed by atoms with Crippen LogP contribution in [0.15, 0.2) is 11.6 Å². The van der Waals surface area contributed by atoms with Crippen LogP contribution in [-0.4, -0.2) is 19.4 Å². The lowest BCUT2D eigenvalue weighted by atomic mass is 9.92. The molecule has 0 heterocycles. The molecule has 0 aliphatic rings. The molecule has 0 saturated carbocycles. The van der Waals surface area contributed by atoms with Crippen molar-refractivity contribution in [2.45, 2.75) is 34.1 Å². The number of nitrogens with one attached hydrogen (secondary N) is 1. The van der Waals surface area contributed by atoms with Crippen molar-refractivity contribution in [3.05, 3.63) is 11.6 Å². The molecule has 1 atom stereocenters. The van der Waals surface area contributed by atoms with E-state index < -0.39 is 0 Å². The van der Waals surface area contributed by atoms with Gasteiger partial charge in [0.2, 0.25) is 0 Å². The van der Waals surface area contributed by atoms with Crippen molar-refractivity contribution >= 4 is 5.78 Å². The molecule has 1 N–H and O–H groups in total. The van der Waals surface area contributed by atoms with Gasteiger partial charge in [0.25, 0.3) is 0 Å². The number of hydrogen-bond donors (Lipinski definition) is 1. The predicted molar refractivity (Wildman–Crippen MR) is 61.3 cm³/mol. The molecule has 82 valence electrons. The number of carbonyl (C=O) groups excluding carboxylic acids is 1. The van der Waals surface area contributed by atoms with Crippen LogP contribution in [0.2, 0.25) is 0 Å². The van der Waals surface area contributed by atoms with Crippen LogP contribution < -0.4 is 5.32 Å². The van der Waals surface area contributed by atoms with Gasteiger partial charge >= 0.3 is 0 Å². The Labute approximate surface area is 87.8 Å². The summed E-state index contributed by atoms with van der Waals surface area (Å²) in [6, 6.07) is 0. The normalized spacial score (nSPS) is 14.6. The first-order valence-corrected chi connectivity index (χ1v) is 5.29. The minimum atomic E-state index is 0.100. The third kappa shape index (κ3) is 5.92. The van der Waals surface area contributed by atoms with E-state index in [1.165, 1.54) is 5.57 Å². The lowest BCUT2D eigenvalue weighted by molar-refractivity contribution is -0.119. The number of ketones is 1. The summed E-state index contributed by atoms with van der Waals surface area (Å²) < 4.78 is 0. The zero-order chi connectivity index (χ0) is 11.1. The fraction of sp³-hybridized carbons (Fsp3) is 0.750. The van der Waals surface area contributed by atoms with Gasteiger partial charge in [0, 0.05) is 12.5 Å². The van der Waals surface area contributed by atoms with Crippen LogP contribution in [0, 0.1) is 11.8 Å². The first kappa shape index (κ1) is 13.4. The molecule has 0 fully saturated rings. The highest BCUT2D eigenvalue weighted by molar-refractivity contribution is 5.80. The molecular weight excluding hydrogens is 174 g/mol. The maximum atomic E-state index is 11.4. The second-order valence-electron chi connectivity index (χ2n) is 4.39. The largest absolute Gasteiger partial charge is 0.316 e. The topological polar surface area (TPSA) is 29.1 Å². The first-order valence-electron chi connectivity index (χ1n) is 5.29. The van der Waals surface area contributed by atoms with Crippen LogP contribution in [0.5, 0.6) is 0 Å². The van der Waals surface area contributed by atoms with Gasteiger partial charge in [-0.15, -0.1) is 0 Å². The Bertz CT molecular complexity index is 206. The summed E-state index contributed by atoms with van der Waals surface area (Å²) in [6.07, 6.45) is 3.05. The molecule has 0 aromatic rings. The highest BCUT2D eigenvalue weighted by atomic mass is 16.1. The van der Waals surface area contributed by atoms with E-state index in [9.17, 15) is 4.79 Å². The van der Waals surface area contributed by atoms with Gasteiger partial charge in [-0.05, 0) is 33.2 Å². The first-order chi connectivity index (χ1) is 6.47. The quantitative estimate of drug-likeness (QED) is 0.662. The zero-order valence-corrected chi connectivity index (χ0v) is 10.1. The lowest BCUT2D eigenvalue weighted by Crippen LogP contribution is -2.14. The van der Waals surface area contributed by atoms with E-state index in [4.69, 9.17) is 0 Å². The molecule has 2 nitrogen and oxygen atoms in total. The van der Waals surface area contributed by atoms with Crippen LogP contribution in [0.4, 0.5) is 0 Å². The highest BCUT2D eigenvalue weighted by Gasteiger charge is 2.12. The maximum absolute atomic E-state index is 11.4. The van der Waals surface area contributed by atoms with Gasteiger partial charge in [-0.3, -0.25) is 4.79 Å². The third-order valence-electron chi connectivity index (χ3n) is 2.19. The van der Waals surface area contributed by atoms with E-state index in [-0.39, 0.29) is 11.7 Å². The Morgan fingerprint density at radius 3 is 2.29 bits per heavy atom. The van der Waals surface area contributed by atoms with Crippen LogP contribution >= 0.6 is 0 Å². The smallest absolute Gasteiger partial charge is 0.136 e. The molecule has 0 aromatic carbocycles. The van der Waals surface area contributed by atoms with E-state index in [1.54, 1.807) is 6.92 Å². The van der Waals surface area contributed by atoms with E-state index in [0.29, 0.717) is 5.92 Å². The molecule has 0 unspecified atom stereocenters. The molecule has 14 heavy (non-hydrogen) atoms. The molecule has 0 aromatic heterocycles. The molecule has 0 amide bonds. The standard InChI is InChI=1S/C12H23NO/c1-9(2)6-12(11(4)14)7-10(3)8-13-5/h7,9,12-13H,6,8H2,1-5H3/b10-7+/t12-/m1/s1. The maximum Gasteiger partial charge on any atom is 0.136 e. The van der Waals surface area contributed by atoms with Gasteiger partial charge in [0.1, 0.15) is 5.78 Å². The molecular formula is C12H23NO. The Kier molecular flexibility index (Phi) is 6.46. The summed E-state index contributed by atoms with van der Waals surface area (Å²) in [5, 5.41) is 3.09. The van der Waals surface area contributed by atoms with E-state index in [1.807, 2.05) is 7.05 Å². The Hall–Kier alpha value is -0.630. The van der Waals surface area contributed by atoms with Crippen LogP contribution in [0.1, 0.15) is 34.1 Å². The molecule has 0 aliphatic carbocycles. The van der Waals surface area contributed by atoms with Gasteiger partial charge in [-0.25, -0.2) is 0 Å². The fourth-order valence-corrected chi connectivity index (χ4v) is 1.54. The minimum Gasteiger partial charge on any atom is -0.316 e. The molecule has 0 rings (SSSR count). The number of rotatable bonds is 6. The zero-order valence-electron chi connectivity index (χ0n) is 10.1. The van der Waals surface area contributed by atoms with Crippen LogP contribution in [0.3, 0.4) is 0 Å². The average Bonchev–Trinajstić information content (AvgIpc) is 2.02. The van der Waals surface area contributed by atoms with E-state index in [0.717, 1.165) is 13.0 Å². The summed E-state index contributed by atoms with van der Waals surface area (Å²) in [4.78, 5) is 11.4. The Morgan fingerprint density at radius 1 is 1.36 bits per heavy atom. The van der Waals surface area contributed by atoms with Crippen LogP contribution in [-0.2, 0) is 4.79 Å². The number of likely N-dealkylation sites (N-methyl/N-ethyl adjacent to an activating group) is 1. The third-order valence-corrected chi connectivity index (χ3v) is 2.19. The number of allylic oxidation sites excluding steroid dienone is 1. The molecule has 0 spiro atoms. The number of Topliss-reactive ketones (excluding diaryl/α,β-unsaturated/α-hetero) is 1. The van der Waals surface area contributed by atoms with Crippen molar-refractivity contribution in [1.29, 1.82) is 0 Å². The average molecular weight is 197 g/mol. The van der Waals surface area contributed by atoms with Crippen molar-refractivity contribution in [2.75, 3.05) is 13.6 Å². The summed E-state index contributed by atoms with van der Waals surface area (Å²) in [5.74, 6) is 0.944. The van der Waals surface area contributed by atoms with Gasteiger partial charge < -0.3 is 5.32 Å². The summed E-state index contributed by atoms with van der Waals surface area (Å²) in [5.41, 5.74) is 1.24. The van der Waals surface area contributed by atoms with Crippen molar-refractivity contribution in [1.82, 2.24) is 5.32 Å². The molecule has 0 saturated heterocycles. The SMILES string of the molecule is CNC/C(C)=C/[C@@H](CC(C)C)C(C)=O. The molecule has 0 bridgehead atoms. The highest BCUT2D eigenvalue weighted by Crippen LogP contribution is 2.15. The van der Waals surface area contributed by atoms with E-state index >= 15 is 0 Å². The van der Waals surface area contributed by atoms with Crippen molar-refractivity contribution < 1.29 is 4.79 Å². The second kappa shape index (κ2) is 6.77. The van der Waals surface area contributed by atoms with Gasteiger partial charge in [-0.1, -0.05) is 25.5 Å². The summed E-state index contributed by atoms with van der Waals surface area (Å²) in [6.45, 7) is 8.90. The second-order valence-corrected chi connectivity index (χ2v) is 4.39. The Morgan fingerprint density at radius 2 is 1.93 bits per heavy atom. The van der Waals surface area contributed by atoms with Crippen molar-refractivity contribution in [3.8, 4) is 0 Å². The number of carbonyl (C=O) groups is 1. The van der Waals surface area contributed by atoms with Crippen LogP contribution in [0.25, 0.3) is 0 Å². The van der Waals surface area contributed by atoms with Crippen molar-refractivity contribution in [2.24, 2.45) is 11.8 Å². The van der Waals surface area contributed by atoms with E-state index in [2.05, 4.69) is 32.2 Å². The van der Waals surface area contributed by atoms with Crippen molar-refractivity contribution in [3.63, 3.8) is 0 Å². The predicted octanol–water partition coefficient (Wildman–Crippen LogP) is 2.40.